The minimum Gasteiger partial charge on any atom is -0.464 e. The SMILES string of the molecule is CNCc1cc(S(=O)(=O)NC(C)(C)COC)c(C)o1. The van der Waals surface area contributed by atoms with E-state index in [-0.39, 0.29) is 11.5 Å². The number of nitrogens with one attached hydrogen (secondary N) is 2. The molecule has 6 nitrogen and oxygen atoms in total. The van der Waals surface area contributed by atoms with Crippen LogP contribution in [0, 0.1) is 6.92 Å². The Labute approximate surface area is 114 Å². The molecule has 1 rings (SSSR count). The molecule has 110 valence electrons. The van der Waals surface area contributed by atoms with Gasteiger partial charge in [0.2, 0.25) is 10.0 Å². The van der Waals surface area contributed by atoms with Crippen molar-refractivity contribution in [3.05, 3.63) is 17.6 Å². The van der Waals surface area contributed by atoms with E-state index in [1.54, 1.807) is 27.8 Å². The number of hydrogen-bond acceptors (Lipinski definition) is 5. The van der Waals surface area contributed by atoms with Crippen LogP contribution in [0.3, 0.4) is 0 Å². The Kier molecular flexibility index (Phi) is 5.14. The van der Waals surface area contributed by atoms with Crippen LogP contribution in [0.2, 0.25) is 0 Å². The normalized spacial score (nSPS) is 12.9. The van der Waals surface area contributed by atoms with Gasteiger partial charge in [-0.15, -0.1) is 0 Å². The Morgan fingerprint density at radius 1 is 1.42 bits per heavy atom. The molecule has 0 bridgehead atoms. The molecule has 0 saturated heterocycles. The quantitative estimate of drug-likeness (QED) is 0.783. The maximum absolute atomic E-state index is 12.3. The molecule has 0 fully saturated rings. The predicted octanol–water partition coefficient (Wildman–Crippen LogP) is 1.01. The van der Waals surface area contributed by atoms with Crippen molar-refractivity contribution < 1.29 is 17.6 Å². The van der Waals surface area contributed by atoms with Crippen LogP contribution in [0.5, 0.6) is 0 Å². The Bertz CT molecular complexity index is 520. The summed E-state index contributed by atoms with van der Waals surface area (Å²) in [5, 5.41) is 2.92. The molecule has 0 saturated carbocycles. The lowest BCUT2D eigenvalue weighted by Gasteiger charge is -2.24. The molecule has 7 heteroatoms. The third-order valence-electron chi connectivity index (χ3n) is 2.48. The summed E-state index contributed by atoms with van der Waals surface area (Å²) in [7, 11) is -0.318. The largest absolute Gasteiger partial charge is 0.464 e. The summed E-state index contributed by atoms with van der Waals surface area (Å²) in [6, 6.07) is 1.54. The monoisotopic (exact) mass is 290 g/mol. The van der Waals surface area contributed by atoms with Gasteiger partial charge in [-0.2, -0.15) is 0 Å². The van der Waals surface area contributed by atoms with Gasteiger partial charge in [-0.1, -0.05) is 0 Å². The van der Waals surface area contributed by atoms with Crippen molar-refractivity contribution in [2.45, 2.75) is 37.8 Å². The van der Waals surface area contributed by atoms with Gasteiger partial charge in [-0.3, -0.25) is 0 Å². The smallest absolute Gasteiger partial charge is 0.244 e. The fraction of sp³-hybridized carbons (Fsp3) is 0.667. The van der Waals surface area contributed by atoms with Crippen molar-refractivity contribution in [3.8, 4) is 0 Å². The van der Waals surface area contributed by atoms with Crippen molar-refractivity contribution >= 4 is 10.0 Å². The zero-order chi connectivity index (χ0) is 14.7. The van der Waals surface area contributed by atoms with Crippen LogP contribution in [-0.2, 0) is 21.3 Å². The molecule has 0 unspecified atom stereocenters. The second-order valence-electron chi connectivity index (χ2n) is 5.09. The van der Waals surface area contributed by atoms with Crippen LogP contribution in [0.25, 0.3) is 0 Å². The summed E-state index contributed by atoms with van der Waals surface area (Å²) in [6.45, 7) is 5.93. The Morgan fingerprint density at radius 3 is 2.58 bits per heavy atom. The van der Waals surface area contributed by atoms with Gasteiger partial charge in [0.05, 0.1) is 18.7 Å². The van der Waals surface area contributed by atoms with Crippen molar-refractivity contribution in [2.75, 3.05) is 20.8 Å². The molecule has 19 heavy (non-hydrogen) atoms. The Hall–Kier alpha value is -0.890. The molecule has 0 radical (unpaired) electrons. The minimum absolute atomic E-state index is 0.168. The predicted molar refractivity (Wildman–Crippen MR) is 72.5 cm³/mol. The average Bonchev–Trinajstić information content (AvgIpc) is 2.59. The second kappa shape index (κ2) is 6.04. The molecule has 0 amide bonds. The van der Waals surface area contributed by atoms with Gasteiger partial charge in [0.15, 0.2) is 0 Å². The molecule has 1 aromatic heterocycles. The number of ether oxygens (including phenoxy) is 1. The molecular weight excluding hydrogens is 268 g/mol. The highest BCUT2D eigenvalue weighted by molar-refractivity contribution is 7.89. The second-order valence-corrected chi connectivity index (χ2v) is 6.74. The number of hydrogen-bond donors (Lipinski definition) is 2. The maximum Gasteiger partial charge on any atom is 0.244 e. The molecular formula is C12H22N2O4S. The number of aryl methyl sites for hydroxylation is 1. The van der Waals surface area contributed by atoms with Crippen molar-refractivity contribution in [1.82, 2.24) is 10.0 Å². The van der Waals surface area contributed by atoms with Crippen LogP contribution < -0.4 is 10.0 Å². The highest BCUT2D eigenvalue weighted by atomic mass is 32.2. The van der Waals surface area contributed by atoms with Gasteiger partial charge in [0, 0.05) is 13.2 Å². The summed E-state index contributed by atoms with van der Waals surface area (Å²) in [6.07, 6.45) is 0. The fourth-order valence-corrected chi connectivity index (χ4v) is 3.46. The van der Waals surface area contributed by atoms with E-state index in [4.69, 9.17) is 9.15 Å². The summed E-state index contributed by atoms with van der Waals surface area (Å²) in [5.41, 5.74) is -0.680. The Morgan fingerprint density at radius 2 is 2.05 bits per heavy atom. The van der Waals surface area contributed by atoms with E-state index in [1.165, 1.54) is 13.2 Å². The van der Waals surface area contributed by atoms with Gasteiger partial charge in [-0.25, -0.2) is 13.1 Å². The summed E-state index contributed by atoms with van der Waals surface area (Å²) in [5.74, 6) is 0.968. The van der Waals surface area contributed by atoms with Crippen LogP contribution in [0.4, 0.5) is 0 Å². The highest BCUT2D eigenvalue weighted by Gasteiger charge is 2.29. The molecule has 0 aliphatic carbocycles. The van der Waals surface area contributed by atoms with E-state index in [1.807, 2.05) is 0 Å². The first-order valence-electron chi connectivity index (χ1n) is 5.98. The van der Waals surface area contributed by atoms with E-state index in [9.17, 15) is 8.42 Å². The molecule has 0 spiro atoms. The minimum atomic E-state index is -3.62. The van der Waals surface area contributed by atoms with E-state index in [2.05, 4.69) is 10.0 Å². The lowest BCUT2D eigenvalue weighted by atomic mass is 10.1. The fourth-order valence-electron chi connectivity index (χ4n) is 1.86. The van der Waals surface area contributed by atoms with Crippen LogP contribution in [0.15, 0.2) is 15.4 Å². The van der Waals surface area contributed by atoms with Gasteiger partial charge >= 0.3 is 0 Å². The maximum atomic E-state index is 12.3. The standard InChI is InChI=1S/C12H22N2O4S/c1-9-11(6-10(18-9)7-13-4)19(15,16)14-12(2,3)8-17-5/h6,13-14H,7-8H2,1-5H3. The van der Waals surface area contributed by atoms with Crippen molar-refractivity contribution in [2.24, 2.45) is 0 Å². The number of sulfonamides is 1. The lowest BCUT2D eigenvalue weighted by molar-refractivity contribution is 0.141. The van der Waals surface area contributed by atoms with Gasteiger partial charge in [0.1, 0.15) is 16.4 Å². The van der Waals surface area contributed by atoms with E-state index in [0.717, 1.165) is 0 Å². The summed E-state index contributed by atoms with van der Waals surface area (Å²) >= 11 is 0. The third kappa shape index (κ3) is 4.31. The zero-order valence-corrected chi connectivity index (χ0v) is 12.8. The molecule has 0 aromatic carbocycles. The first kappa shape index (κ1) is 16.2. The van der Waals surface area contributed by atoms with E-state index < -0.39 is 15.6 Å². The molecule has 1 aromatic rings. The molecule has 0 aliphatic heterocycles. The average molecular weight is 290 g/mol. The first-order valence-corrected chi connectivity index (χ1v) is 7.47. The molecule has 0 aliphatic rings. The van der Waals surface area contributed by atoms with E-state index in [0.29, 0.717) is 18.1 Å². The Balaban J connectivity index is 3.00. The van der Waals surface area contributed by atoms with Gasteiger partial charge < -0.3 is 14.5 Å². The molecule has 2 N–H and O–H groups in total. The first-order chi connectivity index (χ1) is 8.72. The summed E-state index contributed by atoms with van der Waals surface area (Å²) < 4.78 is 37.6. The van der Waals surface area contributed by atoms with Gasteiger partial charge in [-0.05, 0) is 27.8 Å². The topological polar surface area (TPSA) is 80.6 Å². The van der Waals surface area contributed by atoms with Crippen LogP contribution in [0.1, 0.15) is 25.4 Å². The number of methoxy groups -OCH3 is 1. The number of rotatable bonds is 7. The van der Waals surface area contributed by atoms with Crippen molar-refractivity contribution in [1.29, 1.82) is 0 Å². The third-order valence-corrected chi connectivity index (χ3v) is 4.29. The molecule has 0 atom stereocenters. The van der Waals surface area contributed by atoms with Gasteiger partial charge in [0.25, 0.3) is 0 Å². The highest BCUT2D eigenvalue weighted by Crippen LogP contribution is 2.21. The summed E-state index contributed by atoms with van der Waals surface area (Å²) in [4.78, 5) is 0.168. The molecule has 1 heterocycles. The lowest BCUT2D eigenvalue weighted by Crippen LogP contribution is -2.46. The van der Waals surface area contributed by atoms with Crippen LogP contribution in [-0.4, -0.2) is 34.7 Å². The van der Waals surface area contributed by atoms with E-state index >= 15 is 0 Å². The number of furan rings is 1. The van der Waals surface area contributed by atoms with Crippen LogP contribution >= 0.6 is 0 Å². The zero-order valence-electron chi connectivity index (χ0n) is 12.0. The van der Waals surface area contributed by atoms with Crippen molar-refractivity contribution in [3.63, 3.8) is 0 Å².